The molecule has 0 bridgehead atoms. The number of piperazine rings is 1. The number of ether oxygens (including phenoxy) is 1. The number of hydrogen-bond acceptors (Lipinski definition) is 4. The third-order valence-electron chi connectivity index (χ3n) is 7.22. The Bertz CT molecular complexity index is 985. The Balaban J connectivity index is 1.37. The molecule has 2 aliphatic heterocycles. The van der Waals surface area contributed by atoms with Crippen molar-refractivity contribution in [3.8, 4) is 16.9 Å². The molecule has 0 radical (unpaired) electrons. The van der Waals surface area contributed by atoms with E-state index in [4.69, 9.17) is 4.74 Å². The highest BCUT2D eigenvalue weighted by Gasteiger charge is 2.54. The van der Waals surface area contributed by atoms with Crippen LogP contribution in [0.4, 0.5) is 0 Å². The van der Waals surface area contributed by atoms with E-state index in [1.54, 1.807) is 16.9 Å². The van der Waals surface area contributed by atoms with Gasteiger partial charge in [0.1, 0.15) is 5.75 Å². The van der Waals surface area contributed by atoms with Crippen molar-refractivity contribution in [2.75, 3.05) is 26.8 Å². The molecule has 31 heavy (non-hydrogen) atoms. The van der Waals surface area contributed by atoms with E-state index >= 15 is 0 Å². The maximum Gasteiger partial charge on any atom is 0.242 e. The molecule has 1 aliphatic carbocycles. The number of carbonyl (C=O) groups excluding carboxylic acids is 2. The van der Waals surface area contributed by atoms with Crippen molar-refractivity contribution in [1.82, 2.24) is 9.80 Å². The smallest absolute Gasteiger partial charge is 0.242 e. The highest BCUT2D eigenvalue weighted by Crippen LogP contribution is 2.44. The van der Waals surface area contributed by atoms with E-state index in [9.17, 15) is 14.7 Å². The lowest BCUT2D eigenvalue weighted by Crippen LogP contribution is -2.73. The molecule has 0 spiro atoms. The predicted molar refractivity (Wildman–Crippen MR) is 117 cm³/mol. The largest absolute Gasteiger partial charge is 0.497 e. The number of aliphatic hydroxyl groups excluding tert-OH is 1. The van der Waals surface area contributed by atoms with Crippen LogP contribution >= 0.6 is 0 Å². The monoisotopic (exact) mass is 420 g/mol. The average molecular weight is 421 g/mol. The van der Waals surface area contributed by atoms with E-state index in [2.05, 4.69) is 24.3 Å². The Morgan fingerprint density at radius 3 is 2.55 bits per heavy atom. The van der Waals surface area contributed by atoms with E-state index in [1.165, 1.54) is 0 Å². The Morgan fingerprint density at radius 2 is 1.90 bits per heavy atom. The number of hydrogen-bond donors (Lipinski definition) is 1. The Hall–Kier alpha value is -2.86. The summed E-state index contributed by atoms with van der Waals surface area (Å²) in [5.41, 5.74) is 3.25. The van der Waals surface area contributed by atoms with Crippen LogP contribution in [0.5, 0.6) is 5.75 Å². The molecule has 162 valence electrons. The topological polar surface area (TPSA) is 70.1 Å². The molecule has 1 saturated carbocycles. The van der Waals surface area contributed by atoms with E-state index in [-0.39, 0.29) is 48.9 Å². The predicted octanol–water partition coefficient (Wildman–Crippen LogP) is 2.66. The van der Waals surface area contributed by atoms with Crippen molar-refractivity contribution in [3.63, 3.8) is 0 Å². The number of rotatable bonds is 5. The highest BCUT2D eigenvalue weighted by atomic mass is 16.5. The first-order valence-electron chi connectivity index (χ1n) is 11.1. The molecule has 2 aromatic carbocycles. The molecule has 2 amide bonds. The van der Waals surface area contributed by atoms with Crippen molar-refractivity contribution in [1.29, 1.82) is 0 Å². The quantitative estimate of drug-likeness (QED) is 0.808. The van der Waals surface area contributed by atoms with Gasteiger partial charge >= 0.3 is 0 Å². The SMILES string of the molecule is COc1cccc(-c2ccc([C@H]3[C@H]4CN(C(=O)C5CCC5)CC(=O)N4[C@H]3CO)cc2)c1. The van der Waals surface area contributed by atoms with Crippen LogP contribution in [-0.4, -0.2) is 65.6 Å². The molecule has 1 N–H and O–H groups in total. The van der Waals surface area contributed by atoms with Gasteiger partial charge in [-0.05, 0) is 41.7 Å². The molecule has 5 rings (SSSR count). The minimum atomic E-state index is -0.221. The molecule has 2 aromatic rings. The molecule has 2 heterocycles. The maximum absolute atomic E-state index is 12.8. The van der Waals surface area contributed by atoms with Gasteiger partial charge in [-0.2, -0.15) is 0 Å². The summed E-state index contributed by atoms with van der Waals surface area (Å²) in [6.45, 7) is 0.630. The first kappa shape index (κ1) is 20.1. The van der Waals surface area contributed by atoms with Crippen molar-refractivity contribution >= 4 is 11.8 Å². The highest BCUT2D eigenvalue weighted by molar-refractivity contribution is 5.89. The third kappa shape index (κ3) is 3.39. The van der Waals surface area contributed by atoms with Crippen molar-refractivity contribution in [2.24, 2.45) is 5.92 Å². The molecule has 0 unspecified atom stereocenters. The minimum Gasteiger partial charge on any atom is -0.497 e. The normalized spacial score (nSPS) is 25.5. The van der Waals surface area contributed by atoms with Gasteiger partial charge in [-0.15, -0.1) is 0 Å². The summed E-state index contributed by atoms with van der Waals surface area (Å²) in [5.74, 6) is 1.01. The van der Waals surface area contributed by atoms with Gasteiger partial charge in [0.2, 0.25) is 11.8 Å². The summed E-state index contributed by atoms with van der Waals surface area (Å²) in [4.78, 5) is 29.0. The van der Waals surface area contributed by atoms with Crippen LogP contribution in [0.2, 0.25) is 0 Å². The van der Waals surface area contributed by atoms with Crippen molar-refractivity contribution in [3.05, 3.63) is 54.1 Å². The molecule has 0 aromatic heterocycles. The van der Waals surface area contributed by atoms with Crippen LogP contribution in [0.1, 0.15) is 30.7 Å². The van der Waals surface area contributed by atoms with Crippen molar-refractivity contribution < 1.29 is 19.4 Å². The zero-order chi connectivity index (χ0) is 21.5. The molecular weight excluding hydrogens is 392 g/mol. The van der Waals surface area contributed by atoms with Gasteiger partial charge in [0.25, 0.3) is 0 Å². The van der Waals surface area contributed by atoms with Gasteiger partial charge in [-0.1, -0.05) is 42.8 Å². The van der Waals surface area contributed by atoms with Crippen molar-refractivity contribution in [2.45, 2.75) is 37.3 Å². The standard InChI is InChI=1S/C25H28N2O4/c1-31-20-7-3-6-19(12-20)16-8-10-17(11-9-16)24-21-13-26(25(30)18-4-2-5-18)14-23(29)27(21)22(24)15-28/h3,6-12,18,21-22,24,28H,2,4-5,13-15H2,1H3/t21-,22+,24+/m1/s1. The average Bonchev–Trinajstić information content (AvgIpc) is 2.74. The van der Waals surface area contributed by atoms with E-state index in [0.29, 0.717) is 6.54 Å². The Kier molecular flexibility index (Phi) is 5.18. The number of methoxy groups -OCH3 is 1. The number of nitrogens with zero attached hydrogens (tertiary/aromatic N) is 2. The number of carbonyl (C=O) groups is 2. The molecule has 3 atom stereocenters. The lowest BCUT2D eigenvalue weighted by atomic mass is 9.73. The summed E-state index contributed by atoms with van der Waals surface area (Å²) < 4.78 is 5.32. The van der Waals surface area contributed by atoms with Gasteiger partial charge in [0.05, 0.1) is 32.3 Å². The fourth-order valence-electron chi connectivity index (χ4n) is 5.28. The molecule has 6 heteroatoms. The fourth-order valence-corrected chi connectivity index (χ4v) is 5.28. The van der Waals surface area contributed by atoms with Crippen LogP contribution < -0.4 is 4.74 Å². The fraction of sp³-hybridized carbons (Fsp3) is 0.440. The van der Waals surface area contributed by atoms with E-state index in [0.717, 1.165) is 41.7 Å². The molecule has 6 nitrogen and oxygen atoms in total. The van der Waals surface area contributed by atoms with Crippen LogP contribution in [-0.2, 0) is 9.59 Å². The summed E-state index contributed by atoms with van der Waals surface area (Å²) >= 11 is 0. The summed E-state index contributed by atoms with van der Waals surface area (Å²) in [7, 11) is 1.66. The number of amides is 2. The zero-order valence-corrected chi connectivity index (χ0v) is 17.7. The zero-order valence-electron chi connectivity index (χ0n) is 17.7. The number of fused-ring (bicyclic) bond motifs is 1. The minimum absolute atomic E-state index is 0.0327. The number of aliphatic hydroxyl groups is 1. The van der Waals surface area contributed by atoms with E-state index < -0.39 is 0 Å². The van der Waals surface area contributed by atoms with E-state index in [1.807, 2.05) is 24.3 Å². The molecular formula is C25H28N2O4. The lowest BCUT2D eigenvalue weighted by molar-refractivity contribution is -0.169. The second-order valence-electron chi connectivity index (χ2n) is 8.84. The third-order valence-corrected chi connectivity index (χ3v) is 7.22. The van der Waals surface area contributed by atoms with Gasteiger partial charge in [0.15, 0.2) is 0 Å². The lowest BCUT2D eigenvalue weighted by Gasteiger charge is -2.59. The summed E-state index contributed by atoms with van der Waals surface area (Å²) in [5, 5.41) is 9.99. The van der Waals surface area contributed by atoms with Crippen LogP contribution in [0.3, 0.4) is 0 Å². The van der Waals surface area contributed by atoms with Crippen LogP contribution in [0, 0.1) is 5.92 Å². The molecule has 3 aliphatic rings. The maximum atomic E-state index is 12.8. The second kappa shape index (κ2) is 8.00. The van der Waals surface area contributed by atoms with Crippen LogP contribution in [0.25, 0.3) is 11.1 Å². The Labute approximate surface area is 182 Å². The van der Waals surface area contributed by atoms with Crippen LogP contribution in [0.15, 0.2) is 48.5 Å². The van der Waals surface area contributed by atoms with Gasteiger partial charge in [-0.25, -0.2) is 0 Å². The number of benzene rings is 2. The van der Waals surface area contributed by atoms with Gasteiger partial charge in [0, 0.05) is 18.4 Å². The van der Waals surface area contributed by atoms with Gasteiger partial charge in [-0.3, -0.25) is 9.59 Å². The Morgan fingerprint density at radius 1 is 1.13 bits per heavy atom. The molecule has 2 saturated heterocycles. The second-order valence-corrected chi connectivity index (χ2v) is 8.84. The summed E-state index contributed by atoms with van der Waals surface area (Å²) in [6, 6.07) is 16.0. The first-order valence-corrected chi connectivity index (χ1v) is 11.1. The van der Waals surface area contributed by atoms with Gasteiger partial charge < -0.3 is 19.6 Å². The first-order chi connectivity index (χ1) is 15.1. The molecule has 3 fully saturated rings. The summed E-state index contributed by atoms with van der Waals surface area (Å²) in [6.07, 6.45) is 2.97.